The molecular weight excluding hydrogens is 380 g/mol. The number of hydrogen-bond acceptors (Lipinski definition) is 5. The Morgan fingerprint density at radius 3 is 2.61 bits per heavy atom. The minimum absolute atomic E-state index is 0. The Hall–Kier alpha value is -2.09. The molecule has 3 rings (SSSR count). The molecule has 0 aliphatic carbocycles. The number of aromatic nitrogens is 2. The fourth-order valence-corrected chi connectivity index (χ4v) is 3.22. The highest BCUT2D eigenvalue weighted by molar-refractivity contribution is 5.93. The molecule has 1 fully saturated rings. The van der Waals surface area contributed by atoms with Crippen molar-refractivity contribution in [2.75, 3.05) is 33.4 Å². The van der Waals surface area contributed by atoms with Crippen LogP contribution in [0.1, 0.15) is 35.2 Å². The van der Waals surface area contributed by atoms with Crippen LogP contribution in [0.25, 0.3) is 0 Å². The first-order valence-electron chi connectivity index (χ1n) is 9.46. The lowest BCUT2D eigenvalue weighted by Gasteiger charge is -2.31. The van der Waals surface area contributed by atoms with Gasteiger partial charge in [-0.25, -0.2) is 0 Å². The summed E-state index contributed by atoms with van der Waals surface area (Å²) in [5.74, 6) is 0.863. The fraction of sp³-hybridized carbons (Fsp3) is 0.500. The summed E-state index contributed by atoms with van der Waals surface area (Å²) in [6.45, 7) is 3.41. The maximum absolute atomic E-state index is 12.7. The highest BCUT2D eigenvalue weighted by Crippen LogP contribution is 2.17. The topological polar surface area (TPSA) is 82.6 Å². The van der Waals surface area contributed by atoms with Gasteiger partial charge in [0.15, 0.2) is 0 Å². The van der Waals surface area contributed by atoms with Crippen LogP contribution in [0, 0.1) is 0 Å². The lowest BCUT2D eigenvalue weighted by atomic mass is 10.1. The van der Waals surface area contributed by atoms with Gasteiger partial charge in [0.25, 0.3) is 5.91 Å². The second-order valence-corrected chi connectivity index (χ2v) is 6.78. The van der Waals surface area contributed by atoms with Crippen molar-refractivity contribution in [3.05, 3.63) is 47.8 Å². The predicted molar refractivity (Wildman–Crippen MR) is 110 cm³/mol. The number of rotatable bonds is 8. The van der Waals surface area contributed by atoms with Gasteiger partial charge in [-0.15, -0.1) is 12.4 Å². The summed E-state index contributed by atoms with van der Waals surface area (Å²) in [6, 6.07) is 7.84. The van der Waals surface area contributed by atoms with Crippen LogP contribution >= 0.6 is 12.4 Å². The second kappa shape index (κ2) is 11.0. The van der Waals surface area contributed by atoms with Gasteiger partial charge in [0.1, 0.15) is 5.75 Å². The fourth-order valence-electron chi connectivity index (χ4n) is 3.22. The van der Waals surface area contributed by atoms with Gasteiger partial charge in [0.05, 0.1) is 31.5 Å². The molecule has 28 heavy (non-hydrogen) atoms. The Balaban J connectivity index is 0.00000280. The van der Waals surface area contributed by atoms with Gasteiger partial charge < -0.3 is 20.1 Å². The summed E-state index contributed by atoms with van der Waals surface area (Å²) >= 11 is 0. The van der Waals surface area contributed by atoms with E-state index in [4.69, 9.17) is 15.2 Å². The highest BCUT2D eigenvalue weighted by atomic mass is 35.5. The van der Waals surface area contributed by atoms with Gasteiger partial charge in [0.2, 0.25) is 0 Å². The Morgan fingerprint density at radius 2 is 1.96 bits per heavy atom. The molecule has 1 amide bonds. The molecule has 2 heterocycles. The molecule has 2 N–H and O–H groups in total. The summed E-state index contributed by atoms with van der Waals surface area (Å²) in [6.07, 6.45) is 6.32. The quantitative estimate of drug-likeness (QED) is 0.678. The van der Waals surface area contributed by atoms with Crippen molar-refractivity contribution in [1.29, 1.82) is 0 Å². The number of nitrogens with two attached hydrogens (primary N) is 1. The van der Waals surface area contributed by atoms with Gasteiger partial charge in [-0.3, -0.25) is 9.48 Å². The van der Waals surface area contributed by atoms with E-state index >= 15 is 0 Å². The Labute approximate surface area is 172 Å². The number of carbonyl (C=O) groups is 1. The summed E-state index contributed by atoms with van der Waals surface area (Å²) in [5.41, 5.74) is 7.22. The van der Waals surface area contributed by atoms with E-state index in [1.54, 1.807) is 18.0 Å². The highest BCUT2D eigenvalue weighted by Gasteiger charge is 2.24. The Bertz CT molecular complexity index is 727. The van der Waals surface area contributed by atoms with E-state index in [0.717, 1.165) is 43.7 Å². The molecule has 2 aromatic rings. The third kappa shape index (κ3) is 5.95. The van der Waals surface area contributed by atoms with Crippen LogP contribution in [0.5, 0.6) is 5.75 Å². The number of carbonyl (C=O) groups excluding carboxylic acids is 1. The van der Waals surface area contributed by atoms with Crippen molar-refractivity contribution >= 4 is 18.3 Å². The molecule has 0 radical (unpaired) electrons. The molecule has 0 unspecified atom stereocenters. The first-order chi connectivity index (χ1) is 13.2. The summed E-state index contributed by atoms with van der Waals surface area (Å²) in [4.78, 5) is 14.6. The molecule has 0 saturated carbocycles. The third-order valence-electron chi connectivity index (χ3n) is 4.82. The number of halogens is 1. The molecule has 1 saturated heterocycles. The summed E-state index contributed by atoms with van der Waals surface area (Å²) in [7, 11) is 1.65. The van der Waals surface area contributed by atoms with Crippen LogP contribution in [0.15, 0.2) is 36.7 Å². The second-order valence-electron chi connectivity index (χ2n) is 6.78. The van der Waals surface area contributed by atoms with E-state index in [2.05, 4.69) is 5.10 Å². The zero-order valence-electron chi connectivity index (χ0n) is 16.3. The van der Waals surface area contributed by atoms with E-state index in [1.165, 1.54) is 0 Å². The van der Waals surface area contributed by atoms with E-state index in [0.29, 0.717) is 25.3 Å². The Kier molecular flexibility index (Phi) is 8.76. The number of amides is 1. The first kappa shape index (κ1) is 22.2. The maximum Gasteiger partial charge on any atom is 0.257 e. The van der Waals surface area contributed by atoms with Crippen molar-refractivity contribution in [1.82, 2.24) is 14.7 Å². The molecule has 7 nitrogen and oxygen atoms in total. The van der Waals surface area contributed by atoms with Crippen LogP contribution in [0.4, 0.5) is 0 Å². The van der Waals surface area contributed by atoms with Gasteiger partial charge >= 0.3 is 0 Å². The van der Waals surface area contributed by atoms with Gasteiger partial charge in [-0.05, 0) is 43.5 Å². The molecule has 1 aliphatic heterocycles. The van der Waals surface area contributed by atoms with Crippen LogP contribution in [-0.4, -0.2) is 60.0 Å². The van der Waals surface area contributed by atoms with Crippen LogP contribution in [0.2, 0.25) is 0 Å². The van der Waals surface area contributed by atoms with Crippen molar-refractivity contribution in [3.8, 4) is 5.75 Å². The van der Waals surface area contributed by atoms with E-state index in [1.807, 2.05) is 35.4 Å². The number of methoxy groups -OCH3 is 1. The Morgan fingerprint density at radius 1 is 1.25 bits per heavy atom. The molecule has 0 atom stereocenters. The first-order valence-corrected chi connectivity index (χ1v) is 9.46. The molecule has 1 aromatic heterocycles. The summed E-state index contributed by atoms with van der Waals surface area (Å²) < 4.78 is 12.8. The monoisotopic (exact) mass is 408 g/mol. The SMILES string of the molecule is COc1ccc(Cn2cc(C(=O)N3CCC(OCCCN)CC3)cn2)cc1.Cl. The lowest BCUT2D eigenvalue weighted by Crippen LogP contribution is -2.41. The van der Waals surface area contributed by atoms with Crippen molar-refractivity contribution in [2.24, 2.45) is 5.73 Å². The van der Waals surface area contributed by atoms with Crippen LogP contribution in [0.3, 0.4) is 0 Å². The van der Waals surface area contributed by atoms with Crippen molar-refractivity contribution in [3.63, 3.8) is 0 Å². The van der Waals surface area contributed by atoms with E-state index in [-0.39, 0.29) is 24.4 Å². The van der Waals surface area contributed by atoms with Crippen LogP contribution in [-0.2, 0) is 11.3 Å². The maximum atomic E-state index is 12.7. The largest absolute Gasteiger partial charge is 0.497 e. The van der Waals surface area contributed by atoms with Crippen molar-refractivity contribution in [2.45, 2.75) is 31.9 Å². The van der Waals surface area contributed by atoms with Crippen LogP contribution < -0.4 is 10.5 Å². The molecular formula is C20H29ClN4O3. The molecule has 0 spiro atoms. The molecule has 0 bridgehead atoms. The van der Waals surface area contributed by atoms with Gasteiger partial charge in [-0.2, -0.15) is 5.10 Å². The number of ether oxygens (including phenoxy) is 2. The zero-order chi connectivity index (χ0) is 19.1. The van der Waals surface area contributed by atoms with Gasteiger partial charge in [-0.1, -0.05) is 12.1 Å². The number of likely N-dealkylation sites (tertiary alicyclic amines) is 1. The molecule has 1 aliphatic rings. The zero-order valence-corrected chi connectivity index (χ0v) is 17.1. The average Bonchev–Trinajstić information content (AvgIpc) is 3.17. The lowest BCUT2D eigenvalue weighted by molar-refractivity contribution is 0.00844. The number of hydrogen-bond donors (Lipinski definition) is 1. The number of benzene rings is 1. The smallest absolute Gasteiger partial charge is 0.257 e. The van der Waals surface area contributed by atoms with E-state index < -0.39 is 0 Å². The predicted octanol–water partition coefficient (Wildman–Crippen LogP) is 2.33. The number of nitrogens with zero attached hydrogens (tertiary/aromatic N) is 3. The van der Waals surface area contributed by atoms with E-state index in [9.17, 15) is 4.79 Å². The van der Waals surface area contributed by atoms with Gasteiger partial charge in [0, 0.05) is 25.9 Å². The molecule has 8 heteroatoms. The minimum Gasteiger partial charge on any atom is -0.497 e. The average molecular weight is 409 g/mol. The third-order valence-corrected chi connectivity index (χ3v) is 4.82. The summed E-state index contributed by atoms with van der Waals surface area (Å²) in [5, 5.41) is 4.34. The van der Waals surface area contributed by atoms with Crippen molar-refractivity contribution < 1.29 is 14.3 Å². The standard InChI is InChI=1S/C20H28N4O3.ClH/c1-26-18-5-3-16(4-6-18)14-24-15-17(13-22-24)20(25)23-10-7-19(8-11-23)27-12-2-9-21;/h3-6,13,15,19H,2,7-12,14,21H2,1H3;1H. The molecule has 1 aromatic carbocycles. The molecule has 154 valence electrons. The minimum atomic E-state index is 0. The number of piperidine rings is 1. The normalized spacial score (nSPS) is 14.6.